The summed E-state index contributed by atoms with van der Waals surface area (Å²) >= 11 is 0. The van der Waals surface area contributed by atoms with Crippen LogP contribution in [0.15, 0.2) is 43.0 Å². The highest BCUT2D eigenvalue weighted by molar-refractivity contribution is 5.80. The van der Waals surface area contributed by atoms with Gasteiger partial charge in [-0.1, -0.05) is 6.08 Å². The lowest BCUT2D eigenvalue weighted by Crippen LogP contribution is -1.93. The highest BCUT2D eigenvalue weighted by Crippen LogP contribution is 2.33. The predicted octanol–water partition coefficient (Wildman–Crippen LogP) is 3.46. The molecule has 1 N–H and O–H groups in total. The van der Waals surface area contributed by atoms with Gasteiger partial charge in [0.25, 0.3) is 0 Å². The van der Waals surface area contributed by atoms with Crippen molar-refractivity contribution in [1.82, 2.24) is 19.9 Å². The van der Waals surface area contributed by atoms with Gasteiger partial charge in [0.2, 0.25) is 5.88 Å². The number of aromatic amines is 1. The van der Waals surface area contributed by atoms with E-state index in [1.54, 1.807) is 24.5 Å². The molecule has 0 bridgehead atoms. The molecule has 6 nitrogen and oxygen atoms in total. The first-order valence-electron chi connectivity index (χ1n) is 7.38. The summed E-state index contributed by atoms with van der Waals surface area (Å²) in [5, 5.41) is 10.1. The number of allylic oxidation sites excluding steroid dienone is 2. The van der Waals surface area contributed by atoms with Crippen molar-refractivity contribution in [2.45, 2.75) is 12.8 Å². The minimum atomic E-state index is 0.472. The van der Waals surface area contributed by atoms with Crippen molar-refractivity contribution >= 4 is 16.6 Å². The predicted molar refractivity (Wildman–Crippen MR) is 84.5 cm³/mol. The zero-order valence-electron chi connectivity index (χ0n) is 12.2. The van der Waals surface area contributed by atoms with Crippen LogP contribution in [0.2, 0.25) is 0 Å². The molecule has 23 heavy (non-hydrogen) atoms. The van der Waals surface area contributed by atoms with E-state index in [1.807, 2.05) is 12.1 Å². The number of hydrogen-bond acceptors (Lipinski definition) is 5. The first-order valence-corrected chi connectivity index (χ1v) is 7.38. The standard InChI is InChI=1S/C17H13N5O/c18-8-12(7-11-1-2-11)15-4-3-13(9-20-15)23-17-14-5-6-19-16(14)21-10-22-17/h3-7,9-11H,1-2H2,(H,19,21,22)/b12-7+. The Labute approximate surface area is 132 Å². The summed E-state index contributed by atoms with van der Waals surface area (Å²) in [5.74, 6) is 1.57. The van der Waals surface area contributed by atoms with Crippen LogP contribution in [0.25, 0.3) is 16.6 Å². The number of fused-ring (bicyclic) bond motifs is 1. The lowest BCUT2D eigenvalue weighted by atomic mass is 10.1. The molecule has 0 radical (unpaired) electrons. The number of rotatable bonds is 4. The van der Waals surface area contributed by atoms with E-state index in [9.17, 15) is 5.26 Å². The largest absolute Gasteiger partial charge is 0.437 e. The summed E-state index contributed by atoms with van der Waals surface area (Å²) < 4.78 is 5.78. The maximum absolute atomic E-state index is 9.25. The third kappa shape index (κ3) is 2.77. The SMILES string of the molecule is N#C/C(=C\C1CC1)c1ccc(Oc2ncnc3[nH]ccc23)cn1. The van der Waals surface area contributed by atoms with Crippen LogP contribution in [-0.4, -0.2) is 19.9 Å². The molecule has 1 aliphatic carbocycles. The van der Waals surface area contributed by atoms with Crippen LogP contribution >= 0.6 is 0 Å². The Kier molecular flexibility index (Phi) is 3.24. The molecular formula is C17H13N5O. The average molecular weight is 303 g/mol. The van der Waals surface area contributed by atoms with Crippen molar-refractivity contribution in [3.63, 3.8) is 0 Å². The van der Waals surface area contributed by atoms with Crippen LogP contribution in [0.5, 0.6) is 11.6 Å². The van der Waals surface area contributed by atoms with Gasteiger partial charge in [-0.3, -0.25) is 4.98 Å². The van der Waals surface area contributed by atoms with E-state index in [0.29, 0.717) is 28.8 Å². The molecule has 0 unspecified atom stereocenters. The fourth-order valence-electron chi connectivity index (χ4n) is 2.32. The van der Waals surface area contributed by atoms with Crippen LogP contribution < -0.4 is 4.74 Å². The summed E-state index contributed by atoms with van der Waals surface area (Å²) in [6, 6.07) is 7.66. The Morgan fingerprint density at radius 1 is 1.26 bits per heavy atom. The van der Waals surface area contributed by atoms with Gasteiger partial charge in [-0.25, -0.2) is 9.97 Å². The third-order valence-electron chi connectivity index (χ3n) is 3.69. The molecular weight excluding hydrogens is 290 g/mol. The molecule has 0 saturated heterocycles. The molecule has 0 amide bonds. The summed E-state index contributed by atoms with van der Waals surface area (Å²) in [7, 11) is 0. The Balaban J connectivity index is 1.59. The van der Waals surface area contributed by atoms with Gasteiger partial charge >= 0.3 is 0 Å². The second-order valence-corrected chi connectivity index (χ2v) is 5.43. The van der Waals surface area contributed by atoms with Crippen molar-refractivity contribution in [2.24, 2.45) is 5.92 Å². The Morgan fingerprint density at radius 2 is 2.17 bits per heavy atom. The highest BCUT2D eigenvalue weighted by atomic mass is 16.5. The fourth-order valence-corrected chi connectivity index (χ4v) is 2.32. The van der Waals surface area contributed by atoms with Gasteiger partial charge in [-0.05, 0) is 37.0 Å². The van der Waals surface area contributed by atoms with Crippen molar-refractivity contribution in [3.8, 4) is 17.7 Å². The lowest BCUT2D eigenvalue weighted by Gasteiger charge is -2.06. The van der Waals surface area contributed by atoms with Gasteiger partial charge in [0.1, 0.15) is 23.8 Å². The first-order chi connectivity index (χ1) is 11.3. The van der Waals surface area contributed by atoms with Crippen molar-refractivity contribution in [3.05, 3.63) is 48.7 Å². The van der Waals surface area contributed by atoms with E-state index >= 15 is 0 Å². The minimum absolute atomic E-state index is 0.472. The smallest absolute Gasteiger partial charge is 0.231 e. The summed E-state index contributed by atoms with van der Waals surface area (Å²) in [4.78, 5) is 15.6. The molecule has 1 fully saturated rings. The maximum atomic E-state index is 9.25. The number of H-pyrrole nitrogens is 1. The van der Waals surface area contributed by atoms with E-state index in [-0.39, 0.29) is 0 Å². The van der Waals surface area contributed by atoms with Crippen LogP contribution in [-0.2, 0) is 0 Å². The number of pyridine rings is 1. The van der Waals surface area contributed by atoms with Gasteiger partial charge in [-0.2, -0.15) is 5.26 Å². The summed E-state index contributed by atoms with van der Waals surface area (Å²) in [5.41, 5.74) is 2.01. The molecule has 4 rings (SSSR count). The van der Waals surface area contributed by atoms with E-state index in [0.717, 1.165) is 23.9 Å². The molecule has 0 aromatic carbocycles. The fraction of sp³-hybridized carbons (Fsp3) is 0.176. The molecule has 0 aliphatic heterocycles. The van der Waals surface area contributed by atoms with Gasteiger partial charge in [-0.15, -0.1) is 0 Å². The van der Waals surface area contributed by atoms with Crippen LogP contribution in [0.3, 0.4) is 0 Å². The number of aromatic nitrogens is 4. The van der Waals surface area contributed by atoms with Crippen LogP contribution in [0.1, 0.15) is 18.5 Å². The Morgan fingerprint density at radius 3 is 2.91 bits per heavy atom. The monoisotopic (exact) mass is 303 g/mol. The molecule has 112 valence electrons. The molecule has 3 heterocycles. The number of ether oxygens (including phenoxy) is 1. The van der Waals surface area contributed by atoms with Crippen molar-refractivity contribution < 1.29 is 4.74 Å². The quantitative estimate of drug-likeness (QED) is 0.746. The second-order valence-electron chi connectivity index (χ2n) is 5.43. The molecule has 0 spiro atoms. The first kappa shape index (κ1) is 13.5. The van der Waals surface area contributed by atoms with E-state index in [2.05, 4.69) is 26.0 Å². The molecule has 3 aromatic heterocycles. The summed E-state index contributed by atoms with van der Waals surface area (Å²) in [6.45, 7) is 0. The highest BCUT2D eigenvalue weighted by Gasteiger charge is 2.20. The van der Waals surface area contributed by atoms with Crippen LogP contribution in [0.4, 0.5) is 0 Å². The maximum Gasteiger partial charge on any atom is 0.231 e. The van der Waals surface area contributed by atoms with Gasteiger partial charge in [0, 0.05) is 6.20 Å². The molecule has 1 saturated carbocycles. The summed E-state index contributed by atoms with van der Waals surface area (Å²) in [6.07, 6.45) is 9.15. The van der Waals surface area contributed by atoms with E-state index < -0.39 is 0 Å². The zero-order valence-corrected chi connectivity index (χ0v) is 12.2. The Bertz CT molecular complexity index is 916. The molecule has 1 aliphatic rings. The topological polar surface area (TPSA) is 87.5 Å². The average Bonchev–Trinajstić information content (AvgIpc) is 3.27. The molecule has 3 aromatic rings. The second kappa shape index (κ2) is 5.54. The van der Waals surface area contributed by atoms with Gasteiger partial charge in [0.15, 0.2) is 0 Å². The van der Waals surface area contributed by atoms with Crippen LogP contribution in [0, 0.1) is 17.2 Å². The number of nitrogens with one attached hydrogen (secondary N) is 1. The van der Waals surface area contributed by atoms with E-state index in [4.69, 9.17) is 4.74 Å². The number of hydrogen-bond donors (Lipinski definition) is 1. The normalized spacial score (nSPS) is 14.7. The van der Waals surface area contributed by atoms with Crippen molar-refractivity contribution in [2.75, 3.05) is 0 Å². The molecule has 0 atom stereocenters. The zero-order chi connectivity index (χ0) is 15.6. The van der Waals surface area contributed by atoms with Gasteiger partial charge < -0.3 is 9.72 Å². The van der Waals surface area contributed by atoms with Crippen molar-refractivity contribution in [1.29, 1.82) is 5.26 Å². The minimum Gasteiger partial charge on any atom is -0.437 e. The lowest BCUT2D eigenvalue weighted by molar-refractivity contribution is 0.466. The molecule has 6 heteroatoms. The number of nitrogens with zero attached hydrogens (tertiary/aromatic N) is 4. The van der Waals surface area contributed by atoms with E-state index in [1.165, 1.54) is 6.33 Å². The number of nitriles is 1. The Hall–Kier alpha value is -3.20. The van der Waals surface area contributed by atoms with Gasteiger partial charge in [0.05, 0.1) is 22.9 Å². The third-order valence-corrected chi connectivity index (χ3v) is 3.69.